The van der Waals surface area contributed by atoms with Crippen LogP contribution >= 0.6 is 29.1 Å². The maximum atomic E-state index is 6.27. The lowest BCUT2D eigenvalue weighted by molar-refractivity contribution is 0.662. The van der Waals surface area contributed by atoms with E-state index in [1.54, 1.807) is 0 Å². The molecule has 0 aliphatic heterocycles. The number of rotatable bonds is 6. The summed E-state index contributed by atoms with van der Waals surface area (Å²) >= 11 is 12.5. The Hall–Kier alpha value is -0.550. The summed E-state index contributed by atoms with van der Waals surface area (Å²) in [5, 5.41) is 1.12. The van der Waals surface area contributed by atoms with Crippen LogP contribution in [0.3, 0.4) is 0 Å². The Kier molecular flexibility index (Phi) is 6.75. The van der Waals surface area contributed by atoms with Crippen LogP contribution in [0, 0.1) is 0 Å². The minimum Gasteiger partial charge on any atom is -0.0727 e. The van der Waals surface area contributed by atoms with E-state index < -0.39 is 6.63 Å². The van der Waals surface area contributed by atoms with E-state index in [4.69, 9.17) is 22.5 Å². The van der Waals surface area contributed by atoms with Crippen LogP contribution in [-0.4, -0.2) is 0 Å². The topological polar surface area (TPSA) is 0 Å². The highest BCUT2D eigenvalue weighted by molar-refractivity contribution is 8.08. The van der Waals surface area contributed by atoms with Crippen molar-refractivity contribution in [1.29, 1.82) is 0 Å². The normalized spacial score (nSPS) is 12.9. The molecule has 0 heterocycles. The summed E-state index contributed by atoms with van der Waals surface area (Å²) in [5.41, 5.74) is 4.05. The van der Waals surface area contributed by atoms with Gasteiger partial charge in [-0.1, -0.05) is 91.8 Å². The molecular weight excluding hydrogens is 330 g/mol. The molecule has 0 bridgehead atoms. The Balaban J connectivity index is 2.39. The lowest BCUT2D eigenvalue weighted by Gasteiger charge is -2.22. The van der Waals surface area contributed by atoms with Crippen molar-refractivity contribution < 1.29 is 0 Å². The third-order valence-corrected chi connectivity index (χ3v) is 6.02. The van der Waals surface area contributed by atoms with Gasteiger partial charge in [0, 0.05) is 5.30 Å². The molecule has 0 saturated heterocycles. The van der Waals surface area contributed by atoms with Gasteiger partial charge in [0.15, 0.2) is 0 Å². The summed E-state index contributed by atoms with van der Waals surface area (Å²) in [7, 11) is 0. The third kappa shape index (κ3) is 4.48. The Labute approximate surface area is 145 Å². The van der Waals surface area contributed by atoms with Gasteiger partial charge in [0.2, 0.25) is 0 Å². The Morgan fingerprint density at radius 3 is 2.23 bits per heavy atom. The first-order chi connectivity index (χ1) is 10.5. The second-order valence-corrected chi connectivity index (χ2v) is 9.50. The van der Waals surface area contributed by atoms with Crippen LogP contribution < -0.4 is 5.30 Å². The van der Waals surface area contributed by atoms with Crippen LogP contribution in [0.5, 0.6) is 0 Å². The number of hydrogen-bond donors (Lipinski definition) is 0. The molecular formula is C19H23Cl2P. The van der Waals surface area contributed by atoms with E-state index >= 15 is 0 Å². The molecule has 3 heteroatoms. The average Bonchev–Trinajstić information content (AvgIpc) is 2.52. The molecule has 2 aromatic carbocycles. The summed E-state index contributed by atoms with van der Waals surface area (Å²) < 4.78 is 0. The summed E-state index contributed by atoms with van der Waals surface area (Å²) in [6.07, 6.45) is 2.11. The van der Waals surface area contributed by atoms with Crippen molar-refractivity contribution in [3.63, 3.8) is 0 Å². The predicted molar refractivity (Wildman–Crippen MR) is 102 cm³/mol. The van der Waals surface area contributed by atoms with Gasteiger partial charge in [0.1, 0.15) is 6.63 Å². The average molecular weight is 353 g/mol. The van der Waals surface area contributed by atoms with Gasteiger partial charge in [-0.3, -0.25) is 0 Å². The third-order valence-electron chi connectivity index (χ3n) is 4.16. The van der Waals surface area contributed by atoms with Crippen molar-refractivity contribution in [3.05, 3.63) is 65.2 Å². The SMILES string of the molecule is CCC(Cc1ccccc1)c1cc(C(C)C)ccc1P(Cl)Cl. The van der Waals surface area contributed by atoms with Gasteiger partial charge in [-0.25, -0.2) is 0 Å². The van der Waals surface area contributed by atoms with Crippen molar-refractivity contribution in [2.45, 2.75) is 45.4 Å². The Bertz CT molecular complexity index is 594. The fraction of sp³-hybridized carbons (Fsp3) is 0.368. The van der Waals surface area contributed by atoms with Crippen LogP contribution in [0.4, 0.5) is 0 Å². The van der Waals surface area contributed by atoms with Crippen molar-refractivity contribution >= 4 is 34.4 Å². The number of halogens is 2. The second-order valence-electron chi connectivity index (χ2n) is 6.00. The zero-order valence-corrected chi connectivity index (χ0v) is 15.8. The molecule has 1 unspecified atom stereocenters. The monoisotopic (exact) mass is 352 g/mol. The second kappa shape index (κ2) is 8.34. The number of hydrogen-bond acceptors (Lipinski definition) is 0. The van der Waals surface area contributed by atoms with E-state index in [0.717, 1.165) is 18.1 Å². The molecule has 0 amide bonds. The largest absolute Gasteiger partial charge is 0.117 e. The Morgan fingerprint density at radius 2 is 1.68 bits per heavy atom. The van der Waals surface area contributed by atoms with Crippen LogP contribution in [0.15, 0.2) is 48.5 Å². The van der Waals surface area contributed by atoms with Crippen molar-refractivity contribution in [1.82, 2.24) is 0 Å². The molecule has 0 spiro atoms. The maximum absolute atomic E-state index is 6.27. The molecule has 0 N–H and O–H groups in total. The van der Waals surface area contributed by atoms with Crippen LogP contribution in [0.2, 0.25) is 0 Å². The summed E-state index contributed by atoms with van der Waals surface area (Å²) in [4.78, 5) is 0. The van der Waals surface area contributed by atoms with Crippen LogP contribution in [0.25, 0.3) is 0 Å². The first-order valence-electron chi connectivity index (χ1n) is 7.82. The van der Waals surface area contributed by atoms with E-state index in [2.05, 4.69) is 69.3 Å². The van der Waals surface area contributed by atoms with Gasteiger partial charge >= 0.3 is 0 Å². The molecule has 0 aliphatic carbocycles. The van der Waals surface area contributed by atoms with Gasteiger partial charge in [-0.05, 0) is 41.4 Å². The van der Waals surface area contributed by atoms with Crippen molar-refractivity contribution in [2.75, 3.05) is 0 Å². The lowest BCUT2D eigenvalue weighted by Crippen LogP contribution is -2.13. The highest BCUT2D eigenvalue weighted by Gasteiger charge is 2.19. The first-order valence-corrected chi connectivity index (χ1v) is 11.0. The molecule has 0 fully saturated rings. The lowest BCUT2D eigenvalue weighted by atomic mass is 9.87. The van der Waals surface area contributed by atoms with Crippen molar-refractivity contribution in [3.8, 4) is 0 Å². The van der Waals surface area contributed by atoms with E-state index in [1.165, 1.54) is 16.7 Å². The van der Waals surface area contributed by atoms with Crippen LogP contribution in [0.1, 0.15) is 55.7 Å². The smallest absolute Gasteiger partial charge is 0.0727 e. The number of benzene rings is 2. The van der Waals surface area contributed by atoms with E-state index in [0.29, 0.717) is 11.8 Å². The highest BCUT2D eigenvalue weighted by Crippen LogP contribution is 2.48. The van der Waals surface area contributed by atoms with Gasteiger partial charge in [0.05, 0.1) is 0 Å². The van der Waals surface area contributed by atoms with Gasteiger partial charge in [-0.2, -0.15) is 0 Å². The Morgan fingerprint density at radius 1 is 1.00 bits per heavy atom. The molecule has 0 radical (unpaired) electrons. The summed E-state index contributed by atoms with van der Waals surface area (Å²) in [6, 6.07) is 17.3. The van der Waals surface area contributed by atoms with Gasteiger partial charge in [0.25, 0.3) is 0 Å². The molecule has 0 aromatic heterocycles. The summed E-state index contributed by atoms with van der Waals surface area (Å²) in [5.74, 6) is 0.970. The molecule has 0 aliphatic rings. The predicted octanol–water partition coefficient (Wildman–Crippen LogP) is 6.96. The molecule has 22 heavy (non-hydrogen) atoms. The van der Waals surface area contributed by atoms with Crippen LogP contribution in [-0.2, 0) is 6.42 Å². The molecule has 118 valence electrons. The fourth-order valence-corrected chi connectivity index (χ4v) is 4.34. The molecule has 0 nitrogen and oxygen atoms in total. The van der Waals surface area contributed by atoms with Crippen molar-refractivity contribution in [2.24, 2.45) is 0 Å². The first kappa shape index (κ1) is 17.8. The maximum Gasteiger partial charge on any atom is 0.117 e. The minimum atomic E-state index is -1.12. The van der Waals surface area contributed by atoms with Gasteiger partial charge < -0.3 is 0 Å². The highest BCUT2D eigenvalue weighted by atomic mass is 35.9. The van der Waals surface area contributed by atoms with E-state index in [1.807, 2.05) is 0 Å². The minimum absolute atomic E-state index is 0.457. The van der Waals surface area contributed by atoms with E-state index in [9.17, 15) is 0 Å². The zero-order valence-electron chi connectivity index (χ0n) is 13.4. The molecule has 2 rings (SSSR count). The molecule has 1 atom stereocenters. The molecule has 2 aromatic rings. The van der Waals surface area contributed by atoms with Gasteiger partial charge in [-0.15, -0.1) is 0 Å². The fourth-order valence-electron chi connectivity index (χ4n) is 2.79. The quantitative estimate of drug-likeness (QED) is 0.492. The standard InChI is InChI=1S/C19H23Cl2P/c1-4-16(12-15-8-6-5-7-9-15)18-13-17(14(2)3)10-11-19(18)22(20)21/h5-11,13-14,16H,4,12H2,1-3H3. The summed E-state index contributed by atoms with van der Waals surface area (Å²) in [6.45, 7) is 5.57. The zero-order chi connectivity index (χ0) is 16.1. The molecule has 0 saturated carbocycles. The van der Waals surface area contributed by atoms with E-state index in [-0.39, 0.29) is 0 Å².